The third-order valence-corrected chi connectivity index (χ3v) is 5.16. The Morgan fingerprint density at radius 3 is 2.40 bits per heavy atom. The molecule has 3 rings (SSSR count). The molecule has 0 unspecified atom stereocenters. The van der Waals surface area contributed by atoms with E-state index in [0.717, 1.165) is 24.7 Å². The van der Waals surface area contributed by atoms with E-state index in [0.29, 0.717) is 31.1 Å². The molecule has 5 nitrogen and oxygen atoms in total. The highest BCUT2D eigenvalue weighted by Gasteiger charge is 2.35. The molecule has 0 spiro atoms. The van der Waals surface area contributed by atoms with Crippen molar-refractivity contribution < 1.29 is 22.7 Å². The second-order valence-corrected chi connectivity index (χ2v) is 7.39. The monoisotopic (exact) mass is 421 g/mol. The number of carbonyl (C=O) groups is 1. The number of anilines is 2. The average molecular weight is 421 g/mol. The molecule has 1 aliphatic heterocycles. The van der Waals surface area contributed by atoms with Gasteiger partial charge in [-0.2, -0.15) is 13.2 Å². The average Bonchev–Trinajstić information content (AvgIpc) is 2.69. The lowest BCUT2D eigenvalue weighted by atomic mass is 10.1. The number of rotatable bonds is 5. The van der Waals surface area contributed by atoms with Crippen molar-refractivity contribution >= 4 is 17.3 Å². The van der Waals surface area contributed by atoms with Crippen LogP contribution in [0.2, 0.25) is 0 Å². The van der Waals surface area contributed by atoms with Crippen molar-refractivity contribution in [1.82, 2.24) is 4.90 Å². The zero-order valence-electron chi connectivity index (χ0n) is 17.3. The molecule has 0 radical (unpaired) electrons. The summed E-state index contributed by atoms with van der Waals surface area (Å²) in [5.74, 6) is 0.0422. The molecule has 0 aliphatic carbocycles. The van der Waals surface area contributed by atoms with Crippen molar-refractivity contribution in [2.24, 2.45) is 0 Å². The van der Waals surface area contributed by atoms with E-state index in [1.807, 2.05) is 18.9 Å². The predicted molar refractivity (Wildman–Crippen MR) is 111 cm³/mol. The van der Waals surface area contributed by atoms with Gasteiger partial charge in [0.15, 0.2) is 0 Å². The van der Waals surface area contributed by atoms with Gasteiger partial charge < -0.3 is 19.9 Å². The molecule has 2 aromatic rings. The van der Waals surface area contributed by atoms with E-state index in [9.17, 15) is 18.0 Å². The summed E-state index contributed by atoms with van der Waals surface area (Å²) < 4.78 is 46.6. The predicted octanol–water partition coefficient (Wildman–Crippen LogP) is 4.42. The Balaban J connectivity index is 1.84. The van der Waals surface area contributed by atoms with E-state index in [1.165, 1.54) is 6.07 Å². The molecule has 1 N–H and O–H groups in total. The van der Waals surface area contributed by atoms with Gasteiger partial charge in [-0.1, -0.05) is 0 Å². The number of alkyl halides is 3. The first-order valence-corrected chi connectivity index (χ1v) is 9.88. The van der Waals surface area contributed by atoms with Gasteiger partial charge in [-0.25, -0.2) is 0 Å². The number of halogens is 3. The van der Waals surface area contributed by atoms with E-state index < -0.39 is 17.6 Å². The summed E-state index contributed by atoms with van der Waals surface area (Å²) in [7, 11) is 1.99. The summed E-state index contributed by atoms with van der Waals surface area (Å²) in [6.45, 7) is 7.02. The van der Waals surface area contributed by atoms with Gasteiger partial charge in [0.25, 0.3) is 5.91 Å². The van der Waals surface area contributed by atoms with Crippen molar-refractivity contribution in [1.29, 1.82) is 0 Å². The van der Waals surface area contributed by atoms with Crippen molar-refractivity contribution in [2.75, 3.05) is 50.1 Å². The van der Waals surface area contributed by atoms with Crippen molar-refractivity contribution in [3.05, 3.63) is 53.1 Å². The Morgan fingerprint density at radius 2 is 1.80 bits per heavy atom. The molecule has 0 saturated carbocycles. The normalized spacial score (nSPS) is 15.2. The number of carbonyl (C=O) groups excluding carboxylic acids is 1. The minimum atomic E-state index is -4.58. The highest BCUT2D eigenvalue weighted by atomic mass is 19.4. The van der Waals surface area contributed by atoms with E-state index >= 15 is 0 Å². The molecule has 30 heavy (non-hydrogen) atoms. The molecule has 1 amide bonds. The standard InChI is InChI=1S/C22H26F3N3O2/c1-4-30-20-8-5-16(13-15(20)2)21(29)26-19-7-6-17(14-18(19)22(23,24)25)28-11-9-27(3)10-12-28/h5-8,13-14H,4,9-12H2,1-3H3,(H,26,29). The van der Waals surface area contributed by atoms with E-state index in [2.05, 4.69) is 10.2 Å². The molecule has 162 valence electrons. The second-order valence-electron chi connectivity index (χ2n) is 7.39. The van der Waals surface area contributed by atoms with Crippen LogP contribution in [0.5, 0.6) is 5.75 Å². The van der Waals surface area contributed by atoms with Crippen LogP contribution in [0.15, 0.2) is 36.4 Å². The Kier molecular flexibility index (Phi) is 6.55. The van der Waals surface area contributed by atoms with E-state index in [-0.39, 0.29) is 11.3 Å². The van der Waals surface area contributed by atoms with Crippen molar-refractivity contribution in [3.8, 4) is 5.75 Å². The largest absolute Gasteiger partial charge is 0.494 e. The molecule has 8 heteroatoms. The van der Waals surface area contributed by atoms with Crippen LogP contribution in [0.4, 0.5) is 24.5 Å². The fourth-order valence-electron chi connectivity index (χ4n) is 3.44. The number of likely N-dealkylation sites (N-methyl/N-ethyl adjacent to an activating group) is 1. The van der Waals surface area contributed by atoms with Gasteiger partial charge in [-0.05, 0) is 62.9 Å². The summed E-state index contributed by atoms with van der Waals surface area (Å²) in [6.07, 6.45) is -4.58. The molecule has 1 fully saturated rings. The molecule has 1 saturated heterocycles. The van der Waals surface area contributed by atoms with E-state index in [1.54, 1.807) is 31.2 Å². The van der Waals surface area contributed by atoms with Crippen molar-refractivity contribution in [3.63, 3.8) is 0 Å². The maximum atomic E-state index is 13.7. The number of piperazine rings is 1. The lowest BCUT2D eigenvalue weighted by Crippen LogP contribution is -2.44. The number of hydrogen-bond acceptors (Lipinski definition) is 4. The summed E-state index contributed by atoms with van der Waals surface area (Å²) in [5, 5.41) is 2.42. The fraction of sp³-hybridized carbons (Fsp3) is 0.409. The van der Waals surface area contributed by atoms with Gasteiger partial charge in [0.2, 0.25) is 0 Å². The van der Waals surface area contributed by atoms with Crippen LogP contribution in [-0.4, -0.2) is 50.6 Å². The minimum absolute atomic E-state index is 0.253. The first-order valence-electron chi connectivity index (χ1n) is 9.88. The van der Waals surface area contributed by atoms with Crippen LogP contribution in [0, 0.1) is 6.92 Å². The maximum absolute atomic E-state index is 13.7. The Bertz CT molecular complexity index is 907. The number of ether oxygens (including phenoxy) is 1. The summed E-state index contributed by atoms with van der Waals surface area (Å²) in [6, 6.07) is 8.86. The topological polar surface area (TPSA) is 44.8 Å². The smallest absolute Gasteiger partial charge is 0.418 e. The Hall–Kier alpha value is -2.74. The molecule has 0 bridgehead atoms. The molecular weight excluding hydrogens is 395 g/mol. The number of benzene rings is 2. The van der Waals surface area contributed by atoms with Crippen molar-refractivity contribution in [2.45, 2.75) is 20.0 Å². The summed E-state index contributed by atoms with van der Waals surface area (Å²) in [5.41, 5.74) is 0.412. The molecule has 1 heterocycles. The van der Waals surface area contributed by atoms with Crippen LogP contribution >= 0.6 is 0 Å². The zero-order chi connectivity index (χ0) is 21.9. The lowest BCUT2D eigenvalue weighted by Gasteiger charge is -2.34. The van der Waals surface area contributed by atoms with Gasteiger partial charge in [-0.15, -0.1) is 0 Å². The quantitative estimate of drug-likeness (QED) is 0.777. The van der Waals surface area contributed by atoms with Gasteiger partial charge in [0.1, 0.15) is 5.75 Å². The first-order chi connectivity index (χ1) is 14.2. The number of aryl methyl sites for hydroxylation is 1. The number of hydrogen-bond donors (Lipinski definition) is 1. The minimum Gasteiger partial charge on any atom is -0.494 e. The first kappa shape index (κ1) is 22.0. The second kappa shape index (κ2) is 8.95. The number of nitrogens with zero attached hydrogens (tertiary/aromatic N) is 2. The maximum Gasteiger partial charge on any atom is 0.418 e. The molecule has 2 aromatic carbocycles. The van der Waals surface area contributed by atoms with Gasteiger partial charge in [-0.3, -0.25) is 4.79 Å². The molecule has 0 aromatic heterocycles. The lowest BCUT2D eigenvalue weighted by molar-refractivity contribution is -0.136. The highest BCUT2D eigenvalue weighted by molar-refractivity contribution is 6.05. The van der Waals surface area contributed by atoms with E-state index in [4.69, 9.17) is 4.74 Å². The number of nitrogens with one attached hydrogen (secondary N) is 1. The summed E-state index contributed by atoms with van der Waals surface area (Å²) >= 11 is 0. The molecular formula is C22H26F3N3O2. The zero-order valence-corrected chi connectivity index (χ0v) is 17.3. The van der Waals surface area contributed by atoms with Gasteiger partial charge in [0, 0.05) is 37.4 Å². The fourth-order valence-corrected chi connectivity index (χ4v) is 3.44. The van der Waals surface area contributed by atoms with Crippen LogP contribution in [-0.2, 0) is 6.18 Å². The van der Waals surface area contributed by atoms with Crippen LogP contribution in [0.25, 0.3) is 0 Å². The third-order valence-electron chi connectivity index (χ3n) is 5.16. The van der Waals surface area contributed by atoms with Crippen LogP contribution < -0.4 is 15.0 Å². The highest BCUT2D eigenvalue weighted by Crippen LogP contribution is 2.38. The Morgan fingerprint density at radius 1 is 1.10 bits per heavy atom. The Labute approximate surface area is 174 Å². The van der Waals surface area contributed by atoms with Gasteiger partial charge >= 0.3 is 6.18 Å². The van der Waals surface area contributed by atoms with Crippen LogP contribution in [0.3, 0.4) is 0 Å². The SMILES string of the molecule is CCOc1ccc(C(=O)Nc2ccc(N3CCN(C)CC3)cc2C(F)(F)F)cc1C. The van der Waals surface area contributed by atoms with Gasteiger partial charge in [0.05, 0.1) is 17.9 Å². The number of amides is 1. The molecule has 0 atom stereocenters. The van der Waals surface area contributed by atoms with Crippen LogP contribution in [0.1, 0.15) is 28.4 Å². The summed E-state index contributed by atoms with van der Waals surface area (Å²) in [4.78, 5) is 16.7. The molecule has 1 aliphatic rings. The third kappa shape index (κ3) is 5.05.